The summed E-state index contributed by atoms with van der Waals surface area (Å²) in [5, 5.41) is 10.4. The average Bonchev–Trinajstić information content (AvgIpc) is 2.57. The predicted molar refractivity (Wildman–Crippen MR) is 76.7 cm³/mol. The fourth-order valence-corrected chi connectivity index (χ4v) is 4.03. The molecule has 2 nitrogen and oxygen atoms in total. The Morgan fingerprint density at radius 2 is 1.94 bits per heavy atom. The first-order valence-electron chi connectivity index (χ1n) is 8.16. The second-order valence-corrected chi connectivity index (χ2v) is 6.54. The summed E-state index contributed by atoms with van der Waals surface area (Å²) in [7, 11) is 0. The van der Waals surface area contributed by atoms with Crippen molar-refractivity contribution in [1.82, 2.24) is 4.90 Å². The molecule has 0 radical (unpaired) electrons. The van der Waals surface area contributed by atoms with Crippen LogP contribution in [0.3, 0.4) is 0 Å². The van der Waals surface area contributed by atoms with Gasteiger partial charge in [-0.25, -0.2) is 0 Å². The lowest BCUT2D eigenvalue weighted by molar-refractivity contribution is -0.0135. The van der Waals surface area contributed by atoms with Crippen LogP contribution in [0.1, 0.15) is 71.6 Å². The van der Waals surface area contributed by atoms with Gasteiger partial charge in [0.1, 0.15) is 0 Å². The molecular weight excluding hydrogens is 222 g/mol. The minimum absolute atomic E-state index is 0.0707. The Kier molecular flexibility index (Phi) is 5.50. The van der Waals surface area contributed by atoms with E-state index in [4.69, 9.17) is 0 Å². The molecule has 0 aromatic rings. The van der Waals surface area contributed by atoms with Gasteiger partial charge in [-0.3, -0.25) is 4.90 Å². The summed E-state index contributed by atoms with van der Waals surface area (Å²) < 4.78 is 0. The predicted octanol–water partition coefficient (Wildman–Crippen LogP) is 3.58. The Hall–Kier alpha value is -0.0800. The van der Waals surface area contributed by atoms with Gasteiger partial charge in [-0.05, 0) is 51.5 Å². The van der Waals surface area contributed by atoms with Gasteiger partial charge in [0.2, 0.25) is 0 Å². The van der Waals surface area contributed by atoms with E-state index >= 15 is 0 Å². The van der Waals surface area contributed by atoms with E-state index in [2.05, 4.69) is 18.7 Å². The van der Waals surface area contributed by atoms with E-state index in [-0.39, 0.29) is 6.10 Å². The molecule has 2 aliphatic rings. The molecule has 1 saturated heterocycles. The van der Waals surface area contributed by atoms with Crippen molar-refractivity contribution in [3.63, 3.8) is 0 Å². The molecule has 2 heteroatoms. The first-order valence-corrected chi connectivity index (χ1v) is 8.16. The number of hydrogen-bond acceptors (Lipinski definition) is 2. The number of aliphatic hydroxyl groups excluding tert-OH is 1. The Balaban J connectivity index is 1.98. The van der Waals surface area contributed by atoms with Crippen LogP contribution in [0.15, 0.2) is 0 Å². The van der Waals surface area contributed by atoms with E-state index < -0.39 is 0 Å². The van der Waals surface area contributed by atoms with Crippen LogP contribution in [-0.4, -0.2) is 34.7 Å². The molecule has 4 atom stereocenters. The van der Waals surface area contributed by atoms with E-state index in [1.807, 2.05) is 0 Å². The Labute approximate surface area is 113 Å². The van der Waals surface area contributed by atoms with Crippen molar-refractivity contribution < 1.29 is 5.11 Å². The van der Waals surface area contributed by atoms with Gasteiger partial charge in [-0.1, -0.05) is 32.6 Å². The van der Waals surface area contributed by atoms with Gasteiger partial charge in [-0.2, -0.15) is 0 Å². The molecule has 1 N–H and O–H groups in total. The zero-order chi connectivity index (χ0) is 13.0. The van der Waals surface area contributed by atoms with Gasteiger partial charge in [0, 0.05) is 12.1 Å². The molecule has 18 heavy (non-hydrogen) atoms. The molecule has 1 aliphatic heterocycles. The SMILES string of the molecule is CCCC1CCC(O)C(N2CCCCCC2C)C1. The first kappa shape index (κ1) is 14.3. The molecule has 0 spiro atoms. The highest BCUT2D eigenvalue weighted by Crippen LogP contribution is 2.33. The Bertz CT molecular complexity index is 243. The second kappa shape index (κ2) is 6.91. The Morgan fingerprint density at radius 3 is 2.72 bits per heavy atom. The van der Waals surface area contributed by atoms with Crippen LogP contribution in [0.2, 0.25) is 0 Å². The minimum Gasteiger partial charge on any atom is -0.391 e. The topological polar surface area (TPSA) is 23.5 Å². The Morgan fingerprint density at radius 1 is 1.11 bits per heavy atom. The van der Waals surface area contributed by atoms with E-state index in [0.29, 0.717) is 12.1 Å². The van der Waals surface area contributed by atoms with Crippen molar-refractivity contribution in [3.8, 4) is 0 Å². The van der Waals surface area contributed by atoms with Crippen LogP contribution in [0.4, 0.5) is 0 Å². The summed E-state index contributed by atoms with van der Waals surface area (Å²) in [5.74, 6) is 0.860. The zero-order valence-corrected chi connectivity index (χ0v) is 12.3. The molecule has 1 heterocycles. The first-order chi connectivity index (χ1) is 8.72. The van der Waals surface area contributed by atoms with Crippen LogP contribution in [0.5, 0.6) is 0 Å². The lowest BCUT2D eigenvalue weighted by Crippen LogP contribution is -2.50. The van der Waals surface area contributed by atoms with E-state index in [1.54, 1.807) is 0 Å². The molecule has 0 amide bonds. The summed E-state index contributed by atoms with van der Waals surface area (Å²) in [6.45, 7) is 5.86. The van der Waals surface area contributed by atoms with Crippen LogP contribution in [0, 0.1) is 5.92 Å². The normalized spacial score (nSPS) is 39.5. The highest BCUT2D eigenvalue weighted by atomic mass is 16.3. The summed E-state index contributed by atoms with van der Waals surface area (Å²) >= 11 is 0. The number of hydrogen-bond donors (Lipinski definition) is 1. The number of likely N-dealkylation sites (tertiary alicyclic amines) is 1. The maximum Gasteiger partial charge on any atom is 0.0695 e. The van der Waals surface area contributed by atoms with Gasteiger partial charge in [0.05, 0.1) is 6.10 Å². The van der Waals surface area contributed by atoms with Crippen molar-refractivity contribution in [2.45, 2.75) is 89.8 Å². The van der Waals surface area contributed by atoms with Gasteiger partial charge in [0.15, 0.2) is 0 Å². The summed E-state index contributed by atoms with van der Waals surface area (Å²) in [6.07, 6.45) is 11.5. The average molecular weight is 253 g/mol. The summed E-state index contributed by atoms with van der Waals surface area (Å²) in [4.78, 5) is 2.64. The van der Waals surface area contributed by atoms with Crippen LogP contribution in [0.25, 0.3) is 0 Å². The molecule has 2 fully saturated rings. The zero-order valence-electron chi connectivity index (χ0n) is 12.3. The fraction of sp³-hybridized carbons (Fsp3) is 1.00. The third kappa shape index (κ3) is 3.48. The summed E-state index contributed by atoms with van der Waals surface area (Å²) in [5.41, 5.74) is 0. The lowest BCUT2D eigenvalue weighted by Gasteiger charge is -2.43. The maximum atomic E-state index is 10.4. The van der Waals surface area contributed by atoms with E-state index in [9.17, 15) is 5.11 Å². The summed E-state index contributed by atoms with van der Waals surface area (Å²) in [6, 6.07) is 1.12. The standard InChI is InChI=1S/C16H31NO/c1-3-7-14-9-10-16(18)15(12-14)17-11-6-4-5-8-13(17)2/h13-16,18H,3-12H2,1-2H3. The van der Waals surface area contributed by atoms with Crippen molar-refractivity contribution >= 4 is 0 Å². The molecule has 1 saturated carbocycles. The van der Waals surface area contributed by atoms with Crippen molar-refractivity contribution in [1.29, 1.82) is 0 Å². The quantitative estimate of drug-likeness (QED) is 0.831. The molecule has 106 valence electrons. The lowest BCUT2D eigenvalue weighted by atomic mass is 9.80. The monoisotopic (exact) mass is 253 g/mol. The van der Waals surface area contributed by atoms with Gasteiger partial charge in [0.25, 0.3) is 0 Å². The number of aliphatic hydroxyl groups is 1. The molecule has 0 bridgehead atoms. The van der Waals surface area contributed by atoms with E-state index in [1.165, 1.54) is 57.9 Å². The minimum atomic E-state index is -0.0707. The van der Waals surface area contributed by atoms with E-state index in [0.717, 1.165) is 12.3 Å². The maximum absolute atomic E-state index is 10.4. The molecular formula is C16H31NO. The van der Waals surface area contributed by atoms with Crippen molar-refractivity contribution in [3.05, 3.63) is 0 Å². The highest BCUT2D eigenvalue weighted by molar-refractivity contribution is 4.89. The molecule has 1 aliphatic carbocycles. The van der Waals surface area contributed by atoms with Gasteiger partial charge < -0.3 is 5.11 Å². The van der Waals surface area contributed by atoms with Crippen LogP contribution < -0.4 is 0 Å². The smallest absolute Gasteiger partial charge is 0.0695 e. The largest absolute Gasteiger partial charge is 0.391 e. The van der Waals surface area contributed by atoms with Crippen molar-refractivity contribution in [2.24, 2.45) is 5.92 Å². The number of nitrogens with zero attached hydrogens (tertiary/aromatic N) is 1. The molecule has 0 aromatic carbocycles. The van der Waals surface area contributed by atoms with Crippen LogP contribution >= 0.6 is 0 Å². The third-order valence-corrected chi connectivity index (χ3v) is 5.12. The van der Waals surface area contributed by atoms with Gasteiger partial charge in [-0.15, -0.1) is 0 Å². The molecule has 0 aromatic heterocycles. The van der Waals surface area contributed by atoms with Crippen molar-refractivity contribution in [2.75, 3.05) is 6.54 Å². The third-order valence-electron chi connectivity index (χ3n) is 5.12. The highest BCUT2D eigenvalue weighted by Gasteiger charge is 2.35. The van der Waals surface area contributed by atoms with Gasteiger partial charge >= 0.3 is 0 Å². The fourth-order valence-electron chi connectivity index (χ4n) is 4.03. The molecule has 2 rings (SSSR count). The van der Waals surface area contributed by atoms with Crippen LogP contribution in [-0.2, 0) is 0 Å². The molecule has 4 unspecified atom stereocenters. The number of rotatable bonds is 3. The second-order valence-electron chi connectivity index (χ2n) is 6.54.